The van der Waals surface area contributed by atoms with Gasteiger partial charge in [-0.2, -0.15) is 0 Å². The van der Waals surface area contributed by atoms with E-state index in [4.69, 9.17) is 18.9 Å². The van der Waals surface area contributed by atoms with Crippen LogP contribution in [-0.2, 0) is 18.9 Å². The smallest absolute Gasteiger partial charge is 0.174 e. The molecule has 0 bridgehead atoms. The third-order valence-electron chi connectivity index (χ3n) is 7.42. The Labute approximate surface area is 154 Å². The molecule has 3 atom stereocenters. The molecule has 2 rings (SSSR count). The summed E-state index contributed by atoms with van der Waals surface area (Å²) in [5.41, 5.74) is -0.131. The lowest BCUT2D eigenvalue weighted by molar-refractivity contribution is -0.372. The first-order valence-electron chi connectivity index (χ1n) is 9.67. The SMILES string of the molecule is CCC1(C)CC2(OCC(COC)(COC)CO2)C(C)C(C)(CC)N1C. The normalized spacial score (nSPS) is 38.2. The van der Waals surface area contributed by atoms with Gasteiger partial charge in [0.25, 0.3) is 0 Å². The molecule has 0 saturated carbocycles. The predicted molar refractivity (Wildman–Crippen MR) is 99.8 cm³/mol. The quantitative estimate of drug-likeness (QED) is 0.729. The van der Waals surface area contributed by atoms with Crippen molar-refractivity contribution in [2.75, 3.05) is 47.7 Å². The lowest BCUT2D eigenvalue weighted by Crippen LogP contribution is -2.73. The fraction of sp³-hybridized carbons (Fsp3) is 1.00. The van der Waals surface area contributed by atoms with Gasteiger partial charge in [0.1, 0.15) is 0 Å². The Morgan fingerprint density at radius 2 is 1.52 bits per heavy atom. The van der Waals surface area contributed by atoms with Crippen LogP contribution in [0.3, 0.4) is 0 Å². The minimum Gasteiger partial charge on any atom is -0.384 e. The molecule has 0 aliphatic carbocycles. The second-order valence-electron chi connectivity index (χ2n) is 8.77. The molecular formula is C20H39NO4. The van der Waals surface area contributed by atoms with E-state index < -0.39 is 5.79 Å². The van der Waals surface area contributed by atoms with Gasteiger partial charge in [0, 0.05) is 37.6 Å². The van der Waals surface area contributed by atoms with Crippen molar-refractivity contribution in [2.24, 2.45) is 11.3 Å². The Kier molecular flexibility index (Phi) is 6.27. The molecule has 0 radical (unpaired) electrons. The highest BCUT2D eigenvalue weighted by Gasteiger charge is 2.61. The summed E-state index contributed by atoms with van der Waals surface area (Å²) in [6.07, 6.45) is 3.03. The van der Waals surface area contributed by atoms with Crippen molar-refractivity contribution < 1.29 is 18.9 Å². The lowest BCUT2D eigenvalue weighted by atomic mass is 9.66. The van der Waals surface area contributed by atoms with Crippen LogP contribution in [0.15, 0.2) is 0 Å². The molecule has 2 saturated heterocycles. The van der Waals surface area contributed by atoms with Crippen molar-refractivity contribution >= 4 is 0 Å². The zero-order chi connectivity index (χ0) is 18.9. The highest BCUT2D eigenvalue weighted by molar-refractivity contribution is 5.10. The molecule has 0 aromatic rings. The zero-order valence-electron chi connectivity index (χ0n) is 17.6. The highest BCUT2D eigenvalue weighted by atomic mass is 16.7. The van der Waals surface area contributed by atoms with E-state index in [0.29, 0.717) is 26.4 Å². The molecular weight excluding hydrogens is 318 g/mol. The van der Waals surface area contributed by atoms with Crippen LogP contribution in [0.25, 0.3) is 0 Å². The second kappa shape index (κ2) is 7.43. The van der Waals surface area contributed by atoms with Gasteiger partial charge in [-0.05, 0) is 33.7 Å². The van der Waals surface area contributed by atoms with Crippen molar-refractivity contribution in [3.8, 4) is 0 Å². The van der Waals surface area contributed by atoms with Crippen LogP contribution < -0.4 is 0 Å². The monoisotopic (exact) mass is 357 g/mol. The number of hydrogen-bond acceptors (Lipinski definition) is 5. The van der Waals surface area contributed by atoms with E-state index in [1.165, 1.54) is 0 Å². The van der Waals surface area contributed by atoms with Crippen LogP contribution in [0.4, 0.5) is 0 Å². The van der Waals surface area contributed by atoms with Gasteiger partial charge in [0.15, 0.2) is 5.79 Å². The third kappa shape index (κ3) is 3.39. The van der Waals surface area contributed by atoms with Gasteiger partial charge < -0.3 is 18.9 Å². The molecule has 5 nitrogen and oxygen atoms in total. The zero-order valence-corrected chi connectivity index (χ0v) is 17.6. The minimum atomic E-state index is -0.535. The van der Waals surface area contributed by atoms with E-state index in [1.807, 2.05) is 0 Å². The Morgan fingerprint density at radius 1 is 1.00 bits per heavy atom. The Balaban J connectivity index is 2.31. The van der Waals surface area contributed by atoms with Gasteiger partial charge in [-0.1, -0.05) is 20.8 Å². The van der Waals surface area contributed by atoms with Crippen molar-refractivity contribution in [3.63, 3.8) is 0 Å². The number of piperidine rings is 1. The van der Waals surface area contributed by atoms with Gasteiger partial charge in [-0.3, -0.25) is 4.90 Å². The van der Waals surface area contributed by atoms with Crippen LogP contribution in [0, 0.1) is 11.3 Å². The van der Waals surface area contributed by atoms with E-state index >= 15 is 0 Å². The number of nitrogens with zero attached hydrogens (tertiary/aromatic N) is 1. The maximum atomic E-state index is 6.57. The number of ether oxygens (including phenoxy) is 4. The number of methoxy groups -OCH3 is 2. The fourth-order valence-electron chi connectivity index (χ4n) is 4.90. The summed E-state index contributed by atoms with van der Waals surface area (Å²) < 4.78 is 24.0. The topological polar surface area (TPSA) is 40.2 Å². The van der Waals surface area contributed by atoms with Crippen LogP contribution >= 0.6 is 0 Å². The van der Waals surface area contributed by atoms with E-state index in [-0.39, 0.29) is 22.4 Å². The van der Waals surface area contributed by atoms with Crippen molar-refractivity contribution in [1.29, 1.82) is 0 Å². The summed E-state index contributed by atoms with van der Waals surface area (Å²) in [5.74, 6) is -0.259. The van der Waals surface area contributed by atoms with Crippen LogP contribution in [0.1, 0.15) is 53.9 Å². The molecule has 1 spiro atoms. The molecule has 2 aliphatic heterocycles. The fourth-order valence-corrected chi connectivity index (χ4v) is 4.90. The summed E-state index contributed by atoms with van der Waals surface area (Å²) in [4.78, 5) is 2.56. The molecule has 0 aromatic carbocycles. The summed E-state index contributed by atoms with van der Waals surface area (Å²) in [7, 11) is 5.71. The van der Waals surface area contributed by atoms with Crippen LogP contribution in [0.2, 0.25) is 0 Å². The van der Waals surface area contributed by atoms with Crippen LogP contribution in [0.5, 0.6) is 0 Å². The minimum absolute atomic E-state index is 0.0333. The maximum absolute atomic E-state index is 6.57. The van der Waals surface area contributed by atoms with E-state index in [9.17, 15) is 0 Å². The Bertz CT molecular complexity index is 441. The Hall–Kier alpha value is -0.200. The summed E-state index contributed by atoms with van der Waals surface area (Å²) in [6.45, 7) is 13.9. The molecule has 0 amide bonds. The average molecular weight is 358 g/mol. The van der Waals surface area contributed by atoms with Gasteiger partial charge in [-0.25, -0.2) is 0 Å². The van der Waals surface area contributed by atoms with Crippen molar-refractivity contribution in [3.05, 3.63) is 0 Å². The van der Waals surface area contributed by atoms with Gasteiger partial charge in [-0.15, -0.1) is 0 Å². The maximum Gasteiger partial charge on any atom is 0.174 e. The number of hydrogen-bond donors (Lipinski definition) is 0. The first-order valence-corrected chi connectivity index (χ1v) is 9.67. The van der Waals surface area contributed by atoms with Crippen LogP contribution in [-0.4, -0.2) is 69.5 Å². The van der Waals surface area contributed by atoms with E-state index in [1.54, 1.807) is 14.2 Å². The molecule has 25 heavy (non-hydrogen) atoms. The third-order valence-corrected chi connectivity index (χ3v) is 7.42. The van der Waals surface area contributed by atoms with Gasteiger partial charge in [0.2, 0.25) is 0 Å². The van der Waals surface area contributed by atoms with Crippen molar-refractivity contribution in [1.82, 2.24) is 4.90 Å². The molecule has 0 aromatic heterocycles. The summed E-state index contributed by atoms with van der Waals surface area (Å²) >= 11 is 0. The molecule has 5 heteroatoms. The second-order valence-corrected chi connectivity index (χ2v) is 8.77. The number of rotatable bonds is 6. The summed E-state index contributed by atoms with van der Waals surface area (Å²) in [5, 5.41) is 0. The van der Waals surface area contributed by atoms with Gasteiger partial charge >= 0.3 is 0 Å². The molecule has 3 unspecified atom stereocenters. The van der Waals surface area contributed by atoms with E-state index in [0.717, 1.165) is 19.3 Å². The van der Waals surface area contributed by atoms with Crippen molar-refractivity contribution in [2.45, 2.75) is 70.7 Å². The first-order chi connectivity index (χ1) is 11.7. The predicted octanol–water partition coefficient (Wildman–Crippen LogP) is 3.32. The average Bonchev–Trinajstić information content (AvgIpc) is 2.61. The molecule has 2 fully saturated rings. The van der Waals surface area contributed by atoms with Gasteiger partial charge in [0.05, 0.1) is 31.8 Å². The standard InChI is InChI=1S/C20H39NO4/c1-9-17(4)11-20(16(3)18(5,10-2)21(17)6)24-14-19(12-22-7,13-23-8)15-25-20/h16H,9-15H2,1-8H3. The Morgan fingerprint density at radius 3 is 1.92 bits per heavy atom. The lowest BCUT2D eigenvalue weighted by Gasteiger charge is -2.64. The van der Waals surface area contributed by atoms with E-state index in [2.05, 4.69) is 46.6 Å². The summed E-state index contributed by atoms with van der Waals surface area (Å²) in [6, 6.07) is 0. The molecule has 0 N–H and O–H groups in total. The number of likely N-dealkylation sites (tertiary alicyclic amines) is 1. The first kappa shape index (κ1) is 21.1. The highest BCUT2D eigenvalue weighted by Crippen LogP contribution is 2.53. The largest absolute Gasteiger partial charge is 0.384 e. The molecule has 148 valence electrons. The molecule has 2 heterocycles. The molecule has 2 aliphatic rings.